The zero-order chi connectivity index (χ0) is 21.5. The minimum absolute atomic E-state index is 0.0790. The van der Waals surface area contributed by atoms with Crippen LogP contribution in [0.5, 0.6) is 0 Å². The summed E-state index contributed by atoms with van der Waals surface area (Å²) in [5, 5.41) is 12.6. The number of carbonyl (C=O) groups is 1. The number of anilines is 1. The topological polar surface area (TPSA) is 112 Å². The van der Waals surface area contributed by atoms with Crippen LogP contribution in [0.2, 0.25) is 0 Å². The molecule has 0 atom stereocenters. The van der Waals surface area contributed by atoms with Gasteiger partial charge in [-0.3, -0.25) is 24.8 Å². The highest BCUT2D eigenvalue weighted by molar-refractivity contribution is 5.97. The van der Waals surface area contributed by atoms with Crippen molar-refractivity contribution in [1.82, 2.24) is 30.1 Å². The third-order valence-electron chi connectivity index (χ3n) is 6.15. The summed E-state index contributed by atoms with van der Waals surface area (Å²) in [5.74, 6) is 0.184. The van der Waals surface area contributed by atoms with E-state index in [1.54, 1.807) is 31.0 Å². The predicted molar refractivity (Wildman–Crippen MR) is 123 cm³/mol. The molecular formula is C24H21N7O. The number of pyridine rings is 3. The Balaban J connectivity index is 1.35. The van der Waals surface area contributed by atoms with Crippen molar-refractivity contribution in [2.24, 2.45) is 5.92 Å². The van der Waals surface area contributed by atoms with Gasteiger partial charge in [-0.25, -0.2) is 0 Å². The van der Waals surface area contributed by atoms with Gasteiger partial charge in [0.05, 0.1) is 46.7 Å². The maximum Gasteiger partial charge on any atom is 0.227 e. The number of nitrogens with zero attached hydrogens (tertiary/aromatic N) is 4. The predicted octanol–water partition coefficient (Wildman–Crippen LogP) is 4.69. The molecule has 0 unspecified atom stereocenters. The lowest BCUT2D eigenvalue weighted by molar-refractivity contribution is -0.119. The standard InChI is InChI=1S/C24H21N7O/c32-24(14-3-1-2-4-14)28-17-7-16(10-26-11-17)19-9-18-22(13-27-19)30-31-23(18)20-8-15-5-6-25-12-21(15)29-20/h5-14,29H,1-4H2,(H,28,32)(H,30,31). The fourth-order valence-corrected chi connectivity index (χ4v) is 4.46. The summed E-state index contributed by atoms with van der Waals surface area (Å²) in [7, 11) is 0. The van der Waals surface area contributed by atoms with E-state index in [9.17, 15) is 4.79 Å². The van der Waals surface area contributed by atoms with Gasteiger partial charge >= 0.3 is 0 Å². The lowest BCUT2D eigenvalue weighted by Gasteiger charge is -2.11. The molecule has 0 radical (unpaired) electrons. The molecular weight excluding hydrogens is 402 g/mol. The second kappa shape index (κ2) is 7.56. The molecule has 6 rings (SSSR count). The van der Waals surface area contributed by atoms with Crippen molar-refractivity contribution in [3.05, 3.63) is 55.2 Å². The van der Waals surface area contributed by atoms with Gasteiger partial charge in [-0.05, 0) is 37.1 Å². The number of H-pyrrole nitrogens is 2. The van der Waals surface area contributed by atoms with Crippen molar-refractivity contribution in [3.63, 3.8) is 0 Å². The van der Waals surface area contributed by atoms with E-state index in [2.05, 4.69) is 41.5 Å². The minimum atomic E-state index is 0.0790. The molecule has 8 nitrogen and oxygen atoms in total. The summed E-state index contributed by atoms with van der Waals surface area (Å²) in [6.45, 7) is 0. The highest BCUT2D eigenvalue weighted by atomic mass is 16.1. The molecule has 3 N–H and O–H groups in total. The monoisotopic (exact) mass is 423 g/mol. The molecule has 0 aromatic carbocycles. The quantitative estimate of drug-likeness (QED) is 0.388. The first kappa shape index (κ1) is 18.7. The van der Waals surface area contributed by atoms with Gasteiger partial charge in [0.15, 0.2) is 0 Å². The number of hydrogen-bond acceptors (Lipinski definition) is 5. The Morgan fingerprint density at radius 3 is 2.78 bits per heavy atom. The zero-order valence-corrected chi connectivity index (χ0v) is 17.3. The average Bonchev–Trinajstić information content (AvgIpc) is 3.58. The van der Waals surface area contributed by atoms with Gasteiger partial charge in [-0.2, -0.15) is 5.10 Å². The van der Waals surface area contributed by atoms with Crippen LogP contribution in [-0.2, 0) is 4.79 Å². The number of fused-ring (bicyclic) bond motifs is 2. The maximum absolute atomic E-state index is 12.5. The third kappa shape index (κ3) is 3.30. The van der Waals surface area contributed by atoms with E-state index >= 15 is 0 Å². The lowest BCUT2D eigenvalue weighted by atomic mass is 10.1. The summed E-state index contributed by atoms with van der Waals surface area (Å²) < 4.78 is 0. The molecule has 5 heterocycles. The molecule has 0 aliphatic heterocycles. The molecule has 8 heteroatoms. The highest BCUT2D eigenvalue weighted by Crippen LogP contribution is 2.31. The molecule has 1 amide bonds. The average molecular weight is 423 g/mol. The van der Waals surface area contributed by atoms with Crippen molar-refractivity contribution in [2.75, 3.05) is 5.32 Å². The maximum atomic E-state index is 12.5. The molecule has 0 saturated heterocycles. The molecule has 1 saturated carbocycles. The first-order chi connectivity index (χ1) is 15.7. The molecule has 1 aliphatic rings. The van der Waals surface area contributed by atoms with Crippen LogP contribution in [0.1, 0.15) is 25.7 Å². The zero-order valence-electron chi connectivity index (χ0n) is 17.3. The molecule has 0 bridgehead atoms. The molecule has 0 spiro atoms. The fraction of sp³-hybridized carbons (Fsp3) is 0.208. The summed E-state index contributed by atoms with van der Waals surface area (Å²) in [5.41, 5.74) is 5.83. The molecule has 32 heavy (non-hydrogen) atoms. The number of aromatic nitrogens is 6. The van der Waals surface area contributed by atoms with Crippen LogP contribution in [-0.4, -0.2) is 36.0 Å². The van der Waals surface area contributed by atoms with Gasteiger partial charge in [-0.15, -0.1) is 0 Å². The van der Waals surface area contributed by atoms with Gasteiger partial charge < -0.3 is 10.3 Å². The number of carbonyl (C=O) groups excluding carboxylic acids is 1. The molecule has 1 aliphatic carbocycles. The Bertz CT molecular complexity index is 1410. The van der Waals surface area contributed by atoms with Gasteiger partial charge in [0.25, 0.3) is 0 Å². The summed E-state index contributed by atoms with van der Waals surface area (Å²) in [4.78, 5) is 29.0. The van der Waals surface area contributed by atoms with Gasteiger partial charge in [-0.1, -0.05) is 12.8 Å². The van der Waals surface area contributed by atoms with E-state index in [1.165, 1.54) is 0 Å². The number of amides is 1. The van der Waals surface area contributed by atoms with E-state index < -0.39 is 0 Å². The highest BCUT2D eigenvalue weighted by Gasteiger charge is 2.22. The van der Waals surface area contributed by atoms with Crippen molar-refractivity contribution in [1.29, 1.82) is 0 Å². The van der Waals surface area contributed by atoms with Crippen LogP contribution in [0.25, 0.3) is 44.5 Å². The van der Waals surface area contributed by atoms with E-state index in [-0.39, 0.29) is 11.8 Å². The van der Waals surface area contributed by atoms with Crippen LogP contribution in [0, 0.1) is 5.92 Å². The van der Waals surface area contributed by atoms with Gasteiger partial charge in [0.2, 0.25) is 5.91 Å². The first-order valence-corrected chi connectivity index (χ1v) is 10.8. The largest absolute Gasteiger partial charge is 0.352 e. The van der Waals surface area contributed by atoms with Crippen LogP contribution in [0.15, 0.2) is 55.2 Å². The number of rotatable bonds is 4. The normalized spacial score (nSPS) is 14.4. The minimum Gasteiger partial charge on any atom is -0.352 e. The Morgan fingerprint density at radius 2 is 1.91 bits per heavy atom. The summed E-state index contributed by atoms with van der Waals surface area (Å²) in [6.07, 6.45) is 13.0. The number of hydrogen-bond donors (Lipinski definition) is 3. The van der Waals surface area contributed by atoms with E-state index in [1.807, 2.05) is 18.2 Å². The Kier molecular flexibility index (Phi) is 4.41. The Morgan fingerprint density at radius 1 is 1.00 bits per heavy atom. The number of aromatic amines is 2. The van der Waals surface area contributed by atoms with Crippen molar-refractivity contribution in [2.45, 2.75) is 25.7 Å². The first-order valence-electron chi connectivity index (χ1n) is 10.8. The Hall–Kier alpha value is -4.07. The van der Waals surface area contributed by atoms with Gasteiger partial charge in [0.1, 0.15) is 5.69 Å². The smallest absolute Gasteiger partial charge is 0.227 e. The second-order valence-electron chi connectivity index (χ2n) is 8.27. The lowest BCUT2D eigenvalue weighted by Crippen LogP contribution is -2.20. The van der Waals surface area contributed by atoms with E-state index in [4.69, 9.17) is 0 Å². The van der Waals surface area contributed by atoms with E-state index in [0.717, 1.165) is 70.1 Å². The van der Waals surface area contributed by atoms with Crippen molar-refractivity contribution in [3.8, 4) is 22.6 Å². The van der Waals surface area contributed by atoms with Crippen LogP contribution in [0.4, 0.5) is 5.69 Å². The van der Waals surface area contributed by atoms with Crippen LogP contribution in [0.3, 0.4) is 0 Å². The van der Waals surface area contributed by atoms with Crippen molar-refractivity contribution < 1.29 is 4.79 Å². The number of nitrogens with one attached hydrogen (secondary N) is 3. The Labute approximate surface area is 183 Å². The summed E-state index contributed by atoms with van der Waals surface area (Å²) >= 11 is 0. The molecule has 5 aromatic heterocycles. The molecule has 1 fully saturated rings. The molecule has 5 aromatic rings. The third-order valence-corrected chi connectivity index (χ3v) is 6.15. The second-order valence-corrected chi connectivity index (χ2v) is 8.27. The summed E-state index contributed by atoms with van der Waals surface area (Å²) in [6, 6.07) is 7.95. The van der Waals surface area contributed by atoms with Crippen molar-refractivity contribution >= 4 is 33.4 Å². The SMILES string of the molecule is O=C(Nc1cncc(-c2cc3c(-c4cc5ccncc5[nH]4)n[nH]c3cn2)c1)C1CCCC1. The van der Waals surface area contributed by atoms with E-state index in [0.29, 0.717) is 5.69 Å². The van der Waals surface area contributed by atoms with Crippen LogP contribution >= 0.6 is 0 Å². The molecule has 158 valence electrons. The van der Waals surface area contributed by atoms with Gasteiger partial charge in [0, 0.05) is 34.6 Å². The fourth-order valence-electron chi connectivity index (χ4n) is 4.46. The van der Waals surface area contributed by atoms with Crippen LogP contribution < -0.4 is 5.32 Å².